The van der Waals surface area contributed by atoms with Crippen molar-refractivity contribution in [2.75, 3.05) is 99.1 Å². The van der Waals surface area contributed by atoms with E-state index in [0.29, 0.717) is 98.4 Å². The van der Waals surface area contributed by atoms with E-state index in [0.717, 1.165) is 12.8 Å². The number of hydrogen-bond donors (Lipinski definition) is 2. The average molecular weight is 483 g/mol. The summed E-state index contributed by atoms with van der Waals surface area (Å²) in [5.41, 5.74) is 0. The van der Waals surface area contributed by atoms with Crippen LogP contribution in [-0.4, -0.2) is 115 Å². The van der Waals surface area contributed by atoms with E-state index in [-0.39, 0.29) is 6.61 Å². The lowest BCUT2D eigenvalue weighted by Gasteiger charge is -2.18. The molecule has 0 aliphatic carbocycles. The molecule has 0 spiro atoms. The van der Waals surface area contributed by atoms with Gasteiger partial charge in [-0.15, -0.1) is 0 Å². The zero-order chi connectivity index (χ0) is 24.2. The van der Waals surface area contributed by atoms with Crippen molar-refractivity contribution in [1.82, 2.24) is 0 Å². The van der Waals surface area contributed by atoms with Gasteiger partial charge in [-0.05, 0) is 12.3 Å². The third-order valence-corrected chi connectivity index (χ3v) is 4.93. The summed E-state index contributed by atoms with van der Waals surface area (Å²) >= 11 is 0. The summed E-state index contributed by atoms with van der Waals surface area (Å²) in [6, 6.07) is 0. The van der Waals surface area contributed by atoms with Crippen molar-refractivity contribution in [2.24, 2.45) is 5.92 Å². The predicted octanol–water partition coefficient (Wildman–Crippen LogP) is 2.06. The summed E-state index contributed by atoms with van der Waals surface area (Å²) in [6.07, 6.45) is 5.15. The standard InChI is InChI=1S/C24H50O9/c1-3-5-6-23(4-2)21-24(26)22-33-20-19-32-18-17-31-16-15-30-14-13-29-12-11-28-10-9-27-8-7-25/h23-26H,3-22H2,1-2H3. The number of hydrogen-bond acceptors (Lipinski definition) is 9. The second-order valence-corrected chi connectivity index (χ2v) is 7.78. The first-order valence-corrected chi connectivity index (χ1v) is 12.6. The van der Waals surface area contributed by atoms with Gasteiger partial charge in [-0.1, -0.05) is 39.5 Å². The van der Waals surface area contributed by atoms with Crippen LogP contribution in [0, 0.1) is 5.92 Å². The van der Waals surface area contributed by atoms with E-state index in [4.69, 9.17) is 38.3 Å². The number of ether oxygens (including phenoxy) is 7. The third-order valence-electron chi connectivity index (χ3n) is 4.93. The Morgan fingerprint density at radius 2 is 0.970 bits per heavy atom. The molecule has 0 saturated heterocycles. The maximum absolute atomic E-state index is 10.1. The summed E-state index contributed by atoms with van der Waals surface area (Å²) in [5.74, 6) is 0.586. The molecule has 0 aromatic heterocycles. The number of aliphatic hydroxyl groups excluding tert-OH is 2. The highest BCUT2D eigenvalue weighted by atomic mass is 16.6. The van der Waals surface area contributed by atoms with Crippen LogP contribution in [0.5, 0.6) is 0 Å². The lowest BCUT2D eigenvalue weighted by atomic mass is 9.93. The van der Waals surface area contributed by atoms with Crippen molar-refractivity contribution in [3.05, 3.63) is 0 Å². The Morgan fingerprint density at radius 1 is 0.576 bits per heavy atom. The molecule has 0 aliphatic heterocycles. The third kappa shape index (κ3) is 26.1. The van der Waals surface area contributed by atoms with Crippen LogP contribution in [0.2, 0.25) is 0 Å². The molecule has 2 unspecified atom stereocenters. The van der Waals surface area contributed by atoms with Crippen molar-refractivity contribution in [3.8, 4) is 0 Å². The zero-order valence-corrected chi connectivity index (χ0v) is 21.0. The smallest absolute Gasteiger partial charge is 0.0776 e. The minimum Gasteiger partial charge on any atom is -0.394 e. The largest absolute Gasteiger partial charge is 0.394 e. The molecule has 9 heteroatoms. The molecule has 0 amide bonds. The Hall–Kier alpha value is -0.360. The molecule has 2 atom stereocenters. The van der Waals surface area contributed by atoms with E-state index in [9.17, 15) is 5.11 Å². The first-order chi connectivity index (χ1) is 16.2. The molecule has 0 aromatic rings. The Labute approximate surface area is 201 Å². The van der Waals surface area contributed by atoms with Crippen LogP contribution < -0.4 is 0 Å². The molecule has 0 radical (unpaired) electrons. The Kier molecular flexibility index (Phi) is 27.6. The fourth-order valence-electron chi connectivity index (χ4n) is 3.04. The van der Waals surface area contributed by atoms with E-state index in [1.54, 1.807) is 0 Å². The molecule has 2 N–H and O–H groups in total. The first kappa shape index (κ1) is 32.6. The van der Waals surface area contributed by atoms with Gasteiger partial charge in [0.2, 0.25) is 0 Å². The van der Waals surface area contributed by atoms with Gasteiger partial charge in [-0.2, -0.15) is 0 Å². The molecule has 200 valence electrons. The highest BCUT2D eigenvalue weighted by Gasteiger charge is 2.12. The molecule has 9 nitrogen and oxygen atoms in total. The maximum Gasteiger partial charge on any atom is 0.0776 e. The van der Waals surface area contributed by atoms with Crippen molar-refractivity contribution < 1.29 is 43.4 Å². The van der Waals surface area contributed by atoms with Crippen LogP contribution in [0.25, 0.3) is 0 Å². The zero-order valence-electron chi connectivity index (χ0n) is 21.0. The number of unbranched alkanes of at least 4 members (excludes halogenated alkanes) is 1. The molecule has 0 heterocycles. The molecule has 33 heavy (non-hydrogen) atoms. The van der Waals surface area contributed by atoms with Crippen LogP contribution in [0.15, 0.2) is 0 Å². The van der Waals surface area contributed by atoms with E-state index in [1.165, 1.54) is 19.3 Å². The molecule has 0 fully saturated rings. The topological polar surface area (TPSA) is 105 Å². The quantitative estimate of drug-likeness (QED) is 0.162. The average Bonchev–Trinajstić information content (AvgIpc) is 2.82. The lowest BCUT2D eigenvalue weighted by Crippen LogP contribution is -2.21. The Morgan fingerprint density at radius 3 is 1.33 bits per heavy atom. The normalized spacial score (nSPS) is 13.5. The van der Waals surface area contributed by atoms with E-state index >= 15 is 0 Å². The molecular weight excluding hydrogens is 432 g/mol. The minimum absolute atomic E-state index is 0.0305. The van der Waals surface area contributed by atoms with E-state index < -0.39 is 6.10 Å². The van der Waals surface area contributed by atoms with Gasteiger partial charge in [0, 0.05) is 0 Å². The van der Waals surface area contributed by atoms with Crippen molar-refractivity contribution in [1.29, 1.82) is 0 Å². The van der Waals surface area contributed by atoms with Crippen molar-refractivity contribution >= 4 is 0 Å². The predicted molar refractivity (Wildman–Crippen MR) is 127 cm³/mol. The van der Waals surface area contributed by atoms with E-state index in [2.05, 4.69) is 13.8 Å². The molecule has 0 rings (SSSR count). The van der Waals surface area contributed by atoms with Gasteiger partial charge in [0.25, 0.3) is 0 Å². The van der Waals surface area contributed by atoms with Gasteiger partial charge in [0.15, 0.2) is 0 Å². The fraction of sp³-hybridized carbons (Fsp3) is 1.00. The van der Waals surface area contributed by atoms with Crippen LogP contribution in [-0.2, 0) is 33.2 Å². The first-order valence-electron chi connectivity index (χ1n) is 12.6. The summed E-state index contributed by atoms with van der Waals surface area (Å²) in [4.78, 5) is 0. The van der Waals surface area contributed by atoms with Gasteiger partial charge in [0.05, 0.1) is 105 Å². The summed E-state index contributed by atoms with van der Waals surface area (Å²) in [5, 5.41) is 18.6. The summed E-state index contributed by atoms with van der Waals surface area (Å²) in [6.45, 7) is 11.2. The second kappa shape index (κ2) is 27.9. The summed E-state index contributed by atoms with van der Waals surface area (Å²) in [7, 11) is 0. The maximum atomic E-state index is 10.1. The highest BCUT2D eigenvalue weighted by Crippen LogP contribution is 2.18. The van der Waals surface area contributed by atoms with Gasteiger partial charge >= 0.3 is 0 Å². The number of rotatable bonds is 28. The monoisotopic (exact) mass is 482 g/mol. The van der Waals surface area contributed by atoms with Gasteiger partial charge in [-0.3, -0.25) is 0 Å². The summed E-state index contributed by atoms with van der Waals surface area (Å²) < 4.78 is 37.6. The lowest BCUT2D eigenvalue weighted by molar-refractivity contribution is -0.0278. The molecule has 0 aromatic carbocycles. The fourth-order valence-corrected chi connectivity index (χ4v) is 3.04. The SMILES string of the molecule is CCCCC(CC)CC(O)COCCOCCOCCOCCOCCOCCOCCO. The second-order valence-electron chi connectivity index (χ2n) is 7.78. The van der Waals surface area contributed by atoms with Gasteiger partial charge in [-0.25, -0.2) is 0 Å². The number of aliphatic hydroxyl groups is 2. The Bertz CT molecular complexity index is 361. The van der Waals surface area contributed by atoms with Gasteiger partial charge in [0.1, 0.15) is 0 Å². The van der Waals surface area contributed by atoms with Crippen LogP contribution in [0.1, 0.15) is 46.0 Å². The van der Waals surface area contributed by atoms with Crippen LogP contribution in [0.4, 0.5) is 0 Å². The van der Waals surface area contributed by atoms with Crippen LogP contribution >= 0.6 is 0 Å². The van der Waals surface area contributed by atoms with Crippen molar-refractivity contribution in [2.45, 2.75) is 52.1 Å². The van der Waals surface area contributed by atoms with Crippen molar-refractivity contribution in [3.63, 3.8) is 0 Å². The molecule has 0 saturated carbocycles. The highest BCUT2D eigenvalue weighted by molar-refractivity contribution is 4.64. The molecule has 0 bridgehead atoms. The minimum atomic E-state index is -0.392. The van der Waals surface area contributed by atoms with E-state index in [1.807, 2.05) is 0 Å². The Balaban J connectivity index is 3.19. The van der Waals surface area contributed by atoms with Crippen LogP contribution in [0.3, 0.4) is 0 Å². The molecule has 0 aliphatic rings. The molecular formula is C24H50O9. The van der Waals surface area contributed by atoms with Gasteiger partial charge < -0.3 is 43.4 Å².